The molecule has 2 atom stereocenters. The van der Waals surface area contributed by atoms with Crippen LogP contribution in [0.4, 0.5) is 0 Å². The lowest BCUT2D eigenvalue weighted by Gasteiger charge is -2.30. The van der Waals surface area contributed by atoms with E-state index in [1.54, 1.807) is 0 Å². The molecule has 0 spiro atoms. The Morgan fingerprint density at radius 3 is 3.00 bits per heavy atom. The maximum absolute atomic E-state index is 6.13. The number of hydrogen-bond donors (Lipinski definition) is 2. The monoisotopic (exact) mass is 238 g/mol. The van der Waals surface area contributed by atoms with Crippen molar-refractivity contribution in [1.29, 1.82) is 0 Å². The molecule has 0 radical (unpaired) electrons. The summed E-state index contributed by atoms with van der Waals surface area (Å²) in [6.45, 7) is 5.38. The predicted octanol–water partition coefficient (Wildman–Crippen LogP) is 2.43. The lowest BCUT2D eigenvalue weighted by molar-refractivity contribution is 0.295. The summed E-state index contributed by atoms with van der Waals surface area (Å²) < 4.78 is 0. The Morgan fingerprint density at radius 2 is 2.25 bits per heavy atom. The molecule has 0 aromatic heterocycles. The van der Waals surface area contributed by atoms with Crippen LogP contribution in [0.25, 0.3) is 0 Å². The van der Waals surface area contributed by atoms with Crippen LogP contribution in [0.1, 0.15) is 18.9 Å². The highest BCUT2D eigenvalue weighted by molar-refractivity contribution is 6.31. The molecule has 1 aromatic rings. The van der Waals surface area contributed by atoms with Crippen LogP contribution in [0.2, 0.25) is 5.02 Å². The Labute approximate surface area is 102 Å². The molecule has 2 rings (SSSR count). The van der Waals surface area contributed by atoms with Crippen LogP contribution in [-0.2, 0) is 6.54 Å². The molecule has 1 saturated heterocycles. The highest BCUT2D eigenvalue weighted by Crippen LogP contribution is 2.16. The van der Waals surface area contributed by atoms with E-state index in [2.05, 4.69) is 23.6 Å². The van der Waals surface area contributed by atoms with Crippen LogP contribution in [-0.4, -0.2) is 19.1 Å². The van der Waals surface area contributed by atoms with Crippen LogP contribution in [0.3, 0.4) is 0 Å². The summed E-state index contributed by atoms with van der Waals surface area (Å²) in [7, 11) is 0. The smallest absolute Gasteiger partial charge is 0.0450 e. The minimum Gasteiger partial charge on any atom is -0.316 e. The Morgan fingerprint density at radius 1 is 1.44 bits per heavy atom. The number of rotatable bonds is 3. The lowest BCUT2D eigenvalue weighted by atomic mass is 9.95. The molecular weight excluding hydrogens is 220 g/mol. The van der Waals surface area contributed by atoms with Crippen molar-refractivity contribution >= 4 is 11.6 Å². The zero-order valence-corrected chi connectivity index (χ0v) is 10.4. The van der Waals surface area contributed by atoms with Gasteiger partial charge in [-0.3, -0.25) is 0 Å². The third-order valence-electron chi connectivity index (χ3n) is 3.30. The van der Waals surface area contributed by atoms with Gasteiger partial charge in [0.25, 0.3) is 0 Å². The van der Waals surface area contributed by atoms with Crippen molar-refractivity contribution in [3.8, 4) is 0 Å². The molecule has 1 heterocycles. The van der Waals surface area contributed by atoms with E-state index in [1.807, 2.05) is 18.2 Å². The molecule has 88 valence electrons. The third kappa shape index (κ3) is 2.97. The number of hydrogen-bond acceptors (Lipinski definition) is 2. The van der Waals surface area contributed by atoms with Crippen molar-refractivity contribution in [2.24, 2.45) is 5.92 Å². The van der Waals surface area contributed by atoms with E-state index >= 15 is 0 Å². The minimum absolute atomic E-state index is 0.609. The van der Waals surface area contributed by atoms with E-state index < -0.39 is 0 Å². The molecule has 16 heavy (non-hydrogen) atoms. The maximum Gasteiger partial charge on any atom is 0.0450 e. The second-order valence-electron chi connectivity index (χ2n) is 4.55. The second-order valence-corrected chi connectivity index (χ2v) is 4.96. The molecule has 2 nitrogen and oxygen atoms in total. The van der Waals surface area contributed by atoms with Gasteiger partial charge in [0.1, 0.15) is 0 Å². The first-order chi connectivity index (χ1) is 7.77. The molecule has 1 aliphatic rings. The highest BCUT2D eigenvalue weighted by Gasteiger charge is 2.20. The number of halogens is 1. The number of nitrogens with one attached hydrogen (secondary N) is 2. The van der Waals surface area contributed by atoms with Gasteiger partial charge in [0, 0.05) is 17.6 Å². The van der Waals surface area contributed by atoms with Crippen LogP contribution in [0.15, 0.2) is 24.3 Å². The van der Waals surface area contributed by atoms with Crippen molar-refractivity contribution in [1.82, 2.24) is 10.6 Å². The Balaban J connectivity index is 1.89. The quantitative estimate of drug-likeness (QED) is 0.845. The summed E-state index contributed by atoms with van der Waals surface area (Å²) in [5, 5.41) is 7.87. The van der Waals surface area contributed by atoms with Crippen molar-refractivity contribution in [2.75, 3.05) is 13.1 Å². The normalized spacial score (nSPS) is 25.6. The molecule has 0 bridgehead atoms. The summed E-state index contributed by atoms with van der Waals surface area (Å²) in [6.07, 6.45) is 1.20. The molecule has 0 aliphatic carbocycles. The average Bonchev–Trinajstić information content (AvgIpc) is 2.30. The molecule has 0 saturated carbocycles. The van der Waals surface area contributed by atoms with Gasteiger partial charge in [0.15, 0.2) is 0 Å². The zero-order valence-electron chi connectivity index (χ0n) is 9.67. The number of piperidine rings is 1. The van der Waals surface area contributed by atoms with E-state index in [0.717, 1.165) is 24.7 Å². The van der Waals surface area contributed by atoms with Crippen LogP contribution < -0.4 is 10.6 Å². The minimum atomic E-state index is 0.609. The molecule has 3 heteroatoms. The van der Waals surface area contributed by atoms with Crippen LogP contribution in [0, 0.1) is 5.92 Å². The van der Waals surface area contributed by atoms with Gasteiger partial charge in [-0.05, 0) is 37.1 Å². The summed E-state index contributed by atoms with van der Waals surface area (Å²) in [5.74, 6) is 0.691. The summed E-state index contributed by atoms with van der Waals surface area (Å²) in [6, 6.07) is 8.65. The first-order valence-corrected chi connectivity index (χ1v) is 6.32. The van der Waals surface area contributed by atoms with Gasteiger partial charge in [-0.1, -0.05) is 36.7 Å². The summed E-state index contributed by atoms with van der Waals surface area (Å²) >= 11 is 6.13. The van der Waals surface area contributed by atoms with Gasteiger partial charge in [-0.25, -0.2) is 0 Å². The van der Waals surface area contributed by atoms with Crippen molar-refractivity contribution in [3.63, 3.8) is 0 Å². The molecule has 1 fully saturated rings. The molecule has 1 aliphatic heterocycles. The fourth-order valence-corrected chi connectivity index (χ4v) is 2.40. The van der Waals surface area contributed by atoms with E-state index in [1.165, 1.54) is 12.0 Å². The summed E-state index contributed by atoms with van der Waals surface area (Å²) in [4.78, 5) is 0. The van der Waals surface area contributed by atoms with E-state index in [0.29, 0.717) is 12.0 Å². The predicted molar refractivity (Wildman–Crippen MR) is 68.7 cm³/mol. The fraction of sp³-hybridized carbons (Fsp3) is 0.538. The highest BCUT2D eigenvalue weighted by atomic mass is 35.5. The van der Waals surface area contributed by atoms with Crippen molar-refractivity contribution < 1.29 is 0 Å². The SMILES string of the molecule is CC1CNCCC1NCc1ccccc1Cl. The zero-order chi connectivity index (χ0) is 11.4. The van der Waals surface area contributed by atoms with Gasteiger partial charge < -0.3 is 10.6 Å². The molecule has 2 N–H and O–H groups in total. The van der Waals surface area contributed by atoms with Gasteiger partial charge in [0.05, 0.1) is 0 Å². The topological polar surface area (TPSA) is 24.1 Å². The largest absolute Gasteiger partial charge is 0.316 e. The van der Waals surface area contributed by atoms with E-state index in [-0.39, 0.29) is 0 Å². The van der Waals surface area contributed by atoms with Crippen molar-refractivity contribution in [3.05, 3.63) is 34.9 Å². The summed E-state index contributed by atoms with van der Waals surface area (Å²) in [5.41, 5.74) is 1.19. The van der Waals surface area contributed by atoms with Gasteiger partial charge >= 0.3 is 0 Å². The molecule has 0 amide bonds. The van der Waals surface area contributed by atoms with Gasteiger partial charge in [0.2, 0.25) is 0 Å². The molecule has 1 aromatic carbocycles. The standard InChI is InChI=1S/C13H19ClN2/c1-10-8-15-7-6-13(10)16-9-11-4-2-3-5-12(11)14/h2-5,10,13,15-16H,6-9H2,1H3. The second kappa shape index (κ2) is 5.67. The van der Waals surface area contributed by atoms with E-state index in [4.69, 9.17) is 11.6 Å². The number of benzene rings is 1. The molecule has 2 unspecified atom stereocenters. The third-order valence-corrected chi connectivity index (χ3v) is 3.67. The average molecular weight is 239 g/mol. The van der Waals surface area contributed by atoms with Gasteiger partial charge in [-0.15, -0.1) is 0 Å². The molecular formula is C13H19ClN2. The Hall–Kier alpha value is -0.570. The first-order valence-electron chi connectivity index (χ1n) is 5.95. The maximum atomic E-state index is 6.13. The van der Waals surface area contributed by atoms with Crippen LogP contribution in [0.5, 0.6) is 0 Å². The Bertz CT molecular complexity index is 340. The first kappa shape index (κ1) is 11.9. The van der Waals surface area contributed by atoms with E-state index in [9.17, 15) is 0 Å². The van der Waals surface area contributed by atoms with Gasteiger partial charge in [-0.2, -0.15) is 0 Å². The Kier molecular flexibility index (Phi) is 4.22. The fourth-order valence-electron chi connectivity index (χ4n) is 2.20. The van der Waals surface area contributed by atoms with Crippen molar-refractivity contribution in [2.45, 2.75) is 25.9 Å². The lowest BCUT2D eigenvalue weighted by Crippen LogP contribution is -2.46. The van der Waals surface area contributed by atoms with Crippen LogP contribution >= 0.6 is 11.6 Å².